The van der Waals surface area contributed by atoms with Crippen LogP contribution < -0.4 is 10.6 Å². The Morgan fingerprint density at radius 1 is 1.17 bits per heavy atom. The second-order valence-electron chi connectivity index (χ2n) is 8.42. The number of carbonyl (C=O) groups is 1. The third-order valence-corrected chi connectivity index (χ3v) is 6.41. The van der Waals surface area contributed by atoms with Crippen molar-refractivity contribution in [1.29, 1.82) is 0 Å². The average Bonchev–Trinajstić information content (AvgIpc) is 3.39. The largest absolute Gasteiger partial charge is 0.385 e. The zero-order chi connectivity index (χ0) is 20.5. The van der Waals surface area contributed by atoms with Crippen LogP contribution in [0.4, 0.5) is 0 Å². The Labute approximate surface area is 175 Å². The number of ether oxygens (including phenoxy) is 1. The zero-order valence-corrected chi connectivity index (χ0v) is 18.0. The molecular weight excluding hydrogens is 364 g/mol. The topological polar surface area (TPSA) is 66.0 Å². The van der Waals surface area contributed by atoms with E-state index >= 15 is 0 Å². The predicted molar refractivity (Wildman–Crippen MR) is 117 cm³/mol. The maximum Gasteiger partial charge on any atom is 0.223 e. The Kier molecular flexibility index (Phi) is 7.92. The second kappa shape index (κ2) is 10.6. The van der Waals surface area contributed by atoms with Crippen molar-refractivity contribution in [2.45, 2.75) is 58.0 Å². The molecule has 1 amide bonds. The average molecular weight is 401 g/mol. The van der Waals surface area contributed by atoms with E-state index in [1.165, 1.54) is 36.8 Å². The van der Waals surface area contributed by atoms with E-state index in [-0.39, 0.29) is 5.91 Å². The molecule has 6 heteroatoms. The van der Waals surface area contributed by atoms with Gasteiger partial charge in [0.1, 0.15) is 0 Å². The molecule has 0 radical (unpaired) electrons. The van der Waals surface area contributed by atoms with E-state index < -0.39 is 0 Å². The van der Waals surface area contributed by atoms with E-state index in [4.69, 9.17) is 4.74 Å². The van der Waals surface area contributed by atoms with Crippen molar-refractivity contribution in [3.63, 3.8) is 0 Å². The van der Waals surface area contributed by atoms with Crippen LogP contribution in [-0.2, 0) is 22.6 Å². The van der Waals surface area contributed by atoms with E-state index in [1.54, 1.807) is 14.2 Å². The molecule has 1 aromatic carbocycles. The van der Waals surface area contributed by atoms with Gasteiger partial charge in [-0.05, 0) is 42.2 Å². The first-order valence-corrected chi connectivity index (χ1v) is 10.9. The van der Waals surface area contributed by atoms with Crippen LogP contribution in [0, 0.1) is 5.41 Å². The summed E-state index contributed by atoms with van der Waals surface area (Å²) >= 11 is 0. The first-order valence-electron chi connectivity index (χ1n) is 10.9. The quantitative estimate of drug-likeness (QED) is 0.380. The van der Waals surface area contributed by atoms with Crippen LogP contribution in [0.3, 0.4) is 0 Å². The van der Waals surface area contributed by atoms with E-state index in [2.05, 4.69) is 27.8 Å². The molecule has 1 heterocycles. The molecule has 2 aliphatic rings. The summed E-state index contributed by atoms with van der Waals surface area (Å²) in [6.07, 6.45) is 7.59. The van der Waals surface area contributed by atoms with Crippen LogP contribution in [0.1, 0.15) is 56.1 Å². The predicted octanol–water partition coefficient (Wildman–Crippen LogP) is 3.07. The number of rotatable bonds is 9. The van der Waals surface area contributed by atoms with Crippen LogP contribution >= 0.6 is 0 Å². The van der Waals surface area contributed by atoms with E-state index in [9.17, 15) is 4.79 Å². The third-order valence-electron chi connectivity index (χ3n) is 6.41. The van der Waals surface area contributed by atoms with Gasteiger partial charge in [-0.3, -0.25) is 9.79 Å². The molecule has 3 rings (SSSR count). The Morgan fingerprint density at radius 2 is 1.86 bits per heavy atom. The Morgan fingerprint density at radius 3 is 2.48 bits per heavy atom. The molecule has 0 atom stereocenters. The summed E-state index contributed by atoms with van der Waals surface area (Å²) in [5.74, 6) is 1.06. The molecule has 6 nitrogen and oxygen atoms in total. The van der Waals surface area contributed by atoms with E-state index in [0.717, 1.165) is 51.6 Å². The van der Waals surface area contributed by atoms with E-state index in [1.807, 2.05) is 17.0 Å². The molecule has 1 aliphatic heterocycles. The van der Waals surface area contributed by atoms with E-state index in [0.29, 0.717) is 11.8 Å². The number of methoxy groups -OCH3 is 1. The van der Waals surface area contributed by atoms with Gasteiger partial charge in [-0.2, -0.15) is 0 Å². The van der Waals surface area contributed by atoms with Crippen LogP contribution in [0.25, 0.3) is 0 Å². The Hall–Kier alpha value is -2.08. The highest BCUT2D eigenvalue weighted by atomic mass is 16.5. The highest BCUT2D eigenvalue weighted by Crippen LogP contribution is 2.40. The number of benzene rings is 1. The van der Waals surface area contributed by atoms with Crippen molar-refractivity contribution in [1.82, 2.24) is 15.5 Å². The summed E-state index contributed by atoms with van der Waals surface area (Å²) in [5.41, 5.74) is 2.88. The standard InChI is InChI=1S/C23H36N4O2/c1-24-22(26-18-23(13-15-29-2)11-5-6-12-23)25-14-7-10-21(28)27-16-19-8-3-4-9-20(19)17-27/h3-4,8-9H,5-7,10-18H2,1-2H3,(H2,24,25,26). The summed E-state index contributed by atoms with van der Waals surface area (Å²) in [4.78, 5) is 18.8. The van der Waals surface area contributed by atoms with Gasteiger partial charge in [0, 0.05) is 53.4 Å². The molecule has 1 aliphatic carbocycles. The van der Waals surface area contributed by atoms with Gasteiger partial charge in [-0.15, -0.1) is 0 Å². The molecule has 29 heavy (non-hydrogen) atoms. The number of hydrogen-bond donors (Lipinski definition) is 2. The maximum absolute atomic E-state index is 12.5. The van der Waals surface area contributed by atoms with Crippen molar-refractivity contribution in [3.05, 3.63) is 35.4 Å². The summed E-state index contributed by atoms with van der Waals surface area (Å²) < 4.78 is 5.32. The molecule has 0 unspecified atom stereocenters. The van der Waals surface area contributed by atoms with Gasteiger partial charge < -0.3 is 20.3 Å². The second-order valence-corrected chi connectivity index (χ2v) is 8.42. The first-order chi connectivity index (χ1) is 14.2. The SMILES string of the molecule is CN=C(NCCCC(=O)N1Cc2ccccc2C1)NCC1(CCOC)CCCC1. The highest BCUT2D eigenvalue weighted by molar-refractivity contribution is 5.80. The van der Waals surface area contributed by atoms with Crippen LogP contribution in [0.2, 0.25) is 0 Å². The molecule has 2 N–H and O–H groups in total. The molecule has 1 aromatic rings. The monoisotopic (exact) mass is 400 g/mol. The molecular formula is C23H36N4O2. The summed E-state index contributed by atoms with van der Waals surface area (Å²) in [5, 5.41) is 6.87. The third kappa shape index (κ3) is 5.95. The van der Waals surface area contributed by atoms with Crippen molar-refractivity contribution < 1.29 is 9.53 Å². The molecule has 0 spiro atoms. The highest BCUT2D eigenvalue weighted by Gasteiger charge is 2.33. The van der Waals surface area contributed by atoms with Gasteiger partial charge in [-0.25, -0.2) is 0 Å². The number of nitrogens with zero attached hydrogens (tertiary/aromatic N) is 2. The van der Waals surface area contributed by atoms with Gasteiger partial charge in [0.25, 0.3) is 0 Å². The fourth-order valence-electron chi connectivity index (χ4n) is 4.56. The summed E-state index contributed by atoms with van der Waals surface area (Å²) in [6, 6.07) is 8.31. The lowest BCUT2D eigenvalue weighted by molar-refractivity contribution is -0.131. The minimum absolute atomic E-state index is 0.232. The smallest absolute Gasteiger partial charge is 0.223 e. The van der Waals surface area contributed by atoms with Crippen LogP contribution in [-0.4, -0.2) is 50.6 Å². The molecule has 0 aromatic heterocycles. The fourth-order valence-corrected chi connectivity index (χ4v) is 4.56. The van der Waals surface area contributed by atoms with Crippen molar-refractivity contribution in [3.8, 4) is 0 Å². The minimum Gasteiger partial charge on any atom is -0.385 e. The first kappa shape index (κ1) is 21.6. The number of guanidine groups is 1. The lowest BCUT2D eigenvalue weighted by atomic mass is 9.83. The Balaban J connectivity index is 1.35. The lowest BCUT2D eigenvalue weighted by Gasteiger charge is -2.30. The number of amides is 1. The van der Waals surface area contributed by atoms with Gasteiger partial charge in [-0.1, -0.05) is 37.1 Å². The van der Waals surface area contributed by atoms with Gasteiger partial charge in [0.05, 0.1) is 0 Å². The number of aliphatic imine (C=N–C) groups is 1. The van der Waals surface area contributed by atoms with Crippen molar-refractivity contribution in [2.75, 3.05) is 33.9 Å². The number of carbonyl (C=O) groups excluding carboxylic acids is 1. The lowest BCUT2D eigenvalue weighted by Crippen LogP contribution is -2.43. The van der Waals surface area contributed by atoms with Gasteiger partial charge in [0.2, 0.25) is 5.91 Å². The number of fused-ring (bicyclic) bond motifs is 1. The van der Waals surface area contributed by atoms with Gasteiger partial charge in [0.15, 0.2) is 5.96 Å². The minimum atomic E-state index is 0.232. The maximum atomic E-state index is 12.5. The van der Waals surface area contributed by atoms with Gasteiger partial charge >= 0.3 is 0 Å². The zero-order valence-electron chi connectivity index (χ0n) is 18.0. The normalized spacial score (nSPS) is 18.0. The van der Waals surface area contributed by atoms with Crippen LogP contribution in [0.15, 0.2) is 29.3 Å². The molecule has 1 saturated carbocycles. The number of hydrogen-bond acceptors (Lipinski definition) is 3. The molecule has 1 fully saturated rings. The van der Waals surface area contributed by atoms with Crippen LogP contribution in [0.5, 0.6) is 0 Å². The van der Waals surface area contributed by atoms with Crippen molar-refractivity contribution in [2.24, 2.45) is 10.4 Å². The molecule has 160 valence electrons. The Bertz CT molecular complexity index is 673. The summed E-state index contributed by atoms with van der Waals surface area (Å²) in [6.45, 7) is 3.99. The van der Waals surface area contributed by atoms with Crippen molar-refractivity contribution >= 4 is 11.9 Å². The molecule has 0 saturated heterocycles. The molecule has 0 bridgehead atoms. The number of nitrogens with one attached hydrogen (secondary N) is 2. The summed E-state index contributed by atoms with van der Waals surface area (Å²) in [7, 11) is 3.58. The fraction of sp³-hybridized carbons (Fsp3) is 0.652.